The molecule has 140 valence electrons. The average molecular weight is 393 g/mol. The summed E-state index contributed by atoms with van der Waals surface area (Å²) in [6.45, 7) is 2.42. The van der Waals surface area contributed by atoms with Gasteiger partial charge in [0.15, 0.2) is 5.82 Å². The van der Waals surface area contributed by atoms with Gasteiger partial charge in [0, 0.05) is 29.7 Å². The number of nitrogens with one attached hydrogen (secondary N) is 1. The van der Waals surface area contributed by atoms with Gasteiger partial charge in [-0.2, -0.15) is 10.2 Å². The quantitative estimate of drug-likeness (QED) is 0.561. The lowest BCUT2D eigenvalue weighted by molar-refractivity contribution is 0.102. The summed E-state index contributed by atoms with van der Waals surface area (Å²) >= 11 is 6.05. The van der Waals surface area contributed by atoms with Gasteiger partial charge in [0.25, 0.3) is 5.91 Å². The molecule has 0 unspecified atom stereocenters. The summed E-state index contributed by atoms with van der Waals surface area (Å²) in [4.78, 5) is 16.8. The number of anilines is 1. The van der Waals surface area contributed by atoms with E-state index in [9.17, 15) is 4.79 Å². The molecule has 0 atom stereocenters. The molecule has 28 heavy (non-hydrogen) atoms. The normalized spacial score (nSPS) is 10.8. The highest BCUT2D eigenvalue weighted by Crippen LogP contribution is 2.18. The van der Waals surface area contributed by atoms with Crippen molar-refractivity contribution in [3.63, 3.8) is 0 Å². The zero-order valence-electron chi connectivity index (χ0n) is 15.1. The zero-order valence-corrected chi connectivity index (χ0v) is 15.8. The van der Waals surface area contributed by atoms with E-state index in [0.29, 0.717) is 22.9 Å². The number of aromatic nitrogens is 5. The fourth-order valence-electron chi connectivity index (χ4n) is 2.88. The van der Waals surface area contributed by atoms with E-state index in [1.807, 2.05) is 37.4 Å². The van der Waals surface area contributed by atoms with Crippen molar-refractivity contribution in [2.24, 2.45) is 0 Å². The Hall–Kier alpha value is -3.45. The second-order valence-corrected chi connectivity index (χ2v) is 6.69. The predicted molar refractivity (Wildman–Crippen MR) is 107 cm³/mol. The van der Waals surface area contributed by atoms with E-state index in [1.54, 1.807) is 40.0 Å². The number of pyridine rings is 1. The number of amides is 1. The number of benzene rings is 1. The van der Waals surface area contributed by atoms with Gasteiger partial charge in [-0.1, -0.05) is 23.7 Å². The Kier molecular flexibility index (Phi) is 4.90. The maximum absolute atomic E-state index is 12.7. The first-order valence-electron chi connectivity index (χ1n) is 8.64. The fourth-order valence-corrected chi connectivity index (χ4v) is 3.06. The lowest BCUT2D eigenvalue weighted by Gasteiger charge is -2.06. The maximum Gasteiger partial charge on any atom is 0.260 e. The van der Waals surface area contributed by atoms with Gasteiger partial charge in [0.05, 0.1) is 29.7 Å². The van der Waals surface area contributed by atoms with E-state index in [0.717, 1.165) is 16.9 Å². The molecule has 0 radical (unpaired) electrons. The van der Waals surface area contributed by atoms with Gasteiger partial charge in [-0.25, -0.2) is 4.68 Å². The minimum Gasteiger partial charge on any atom is -0.305 e. The van der Waals surface area contributed by atoms with Crippen molar-refractivity contribution in [2.45, 2.75) is 13.5 Å². The van der Waals surface area contributed by atoms with Gasteiger partial charge in [0.1, 0.15) is 0 Å². The highest BCUT2D eigenvalue weighted by Gasteiger charge is 2.16. The van der Waals surface area contributed by atoms with E-state index < -0.39 is 0 Å². The van der Waals surface area contributed by atoms with E-state index in [-0.39, 0.29) is 5.91 Å². The number of hydrogen-bond donors (Lipinski definition) is 1. The first-order chi connectivity index (χ1) is 13.6. The molecular formula is C20H17ClN6O. The fraction of sp³-hybridized carbons (Fsp3) is 0.100. The van der Waals surface area contributed by atoms with Crippen LogP contribution in [0.5, 0.6) is 0 Å². The van der Waals surface area contributed by atoms with Crippen molar-refractivity contribution in [3.8, 4) is 5.69 Å². The molecule has 0 bridgehead atoms. The molecule has 7 nitrogen and oxygen atoms in total. The lowest BCUT2D eigenvalue weighted by atomic mass is 10.2. The van der Waals surface area contributed by atoms with Crippen LogP contribution in [0, 0.1) is 6.92 Å². The van der Waals surface area contributed by atoms with Crippen LogP contribution in [0.1, 0.15) is 21.6 Å². The van der Waals surface area contributed by atoms with E-state index >= 15 is 0 Å². The monoisotopic (exact) mass is 392 g/mol. The van der Waals surface area contributed by atoms with E-state index in [2.05, 4.69) is 20.5 Å². The highest BCUT2D eigenvalue weighted by atomic mass is 35.5. The molecule has 1 N–H and O–H groups in total. The third-order valence-corrected chi connectivity index (χ3v) is 4.49. The summed E-state index contributed by atoms with van der Waals surface area (Å²) in [5.74, 6) is 0.209. The molecule has 0 aliphatic carbocycles. The molecule has 3 aromatic heterocycles. The number of nitrogens with zero attached hydrogens (tertiary/aromatic N) is 5. The van der Waals surface area contributed by atoms with Crippen molar-refractivity contribution < 1.29 is 4.79 Å². The first-order valence-corrected chi connectivity index (χ1v) is 9.02. The van der Waals surface area contributed by atoms with Crippen LogP contribution < -0.4 is 5.32 Å². The Morgan fingerprint density at radius 2 is 2.07 bits per heavy atom. The van der Waals surface area contributed by atoms with Crippen molar-refractivity contribution in [3.05, 3.63) is 89.1 Å². The summed E-state index contributed by atoms with van der Waals surface area (Å²) in [5, 5.41) is 12.1. The van der Waals surface area contributed by atoms with Gasteiger partial charge in [-0.15, -0.1) is 0 Å². The van der Waals surface area contributed by atoms with Crippen LogP contribution in [0.3, 0.4) is 0 Å². The summed E-state index contributed by atoms with van der Waals surface area (Å²) < 4.78 is 3.43. The molecular weight excluding hydrogens is 376 g/mol. The molecule has 4 aromatic rings. The SMILES string of the molecule is Cc1c(C(=O)Nc2ccn(Cc3cccnc3)n2)cnn1-c1cccc(Cl)c1. The van der Waals surface area contributed by atoms with Crippen LogP contribution in [-0.2, 0) is 6.54 Å². The van der Waals surface area contributed by atoms with Crippen LogP contribution in [0.4, 0.5) is 5.82 Å². The Balaban J connectivity index is 1.49. The van der Waals surface area contributed by atoms with E-state index in [1.165, 1.54) is 6.20 Å². The maximum atomic E-state index is 12.7. The number of rotatable bonds is 5. The van der Waals surface area contributed by atoms with Gasteiger partial charge in [-0.05, 0) is 36.8 Å². The molecule has 0 saturated carbocycles. The predicted octanol–water partition coefficient (Wildman–Crippen LogP) is 3.73. The van der Waals surface area contributed by atoms with Crippen molar-refractivity contribution in [2.75, 3.05) is 5.32 Å². The van der Waals surface area contributed by atoms with Crippen LogP contribution in [0.2, 0.25) is 5.02 Å². The van der Waals surface area contributed by atoms with Gasteiger partial charge in [-0.3, -0.25) is 14.5 Å². The summed E-state index contributed by atoms with van der Waals surface area (Å²) in [6.07, 6.45) is 6.86. The summed E-state index contributed by atoms with van der Waals surface area (Å²) in [5.41, 5.74) is 3.02. The molecule has 1 aromatic carbocycles. The number of carbonyl (C=O) groups excluding carboxylic acids is 1. The minimum absolute atomic E-state index is 0.266. The number of hydrogen-bond acceptors (Lipinski definition) is 4. The van der Waals surface area contributed by atoms with Gasteiger partial charge >= 0.3 is 0 Å². The van der Waals surface area contributed by atoms with Gasteiger partial charge < -0.3 is 5.32 Å². The standard InChI is InChI=1S/C20H17ClN6O/c1-14-18(12-23-27(14)17-6-2-5-16(21)10-17)20(28)24-19-7-9-26(25-19)13-15-4-3-8-22-11-15/h2-12H,13H2,1H3,(H,24,25,28). The summed E-state index contributed by atoms with van der Waals surface area (Å²) in [7, 11) is 0. The number of halogens is 1. The smallest absolute Gasteiger partial charge is 0.260 e. The second-order valence-electron chi connectivity index (χ2n) is 6.25. The van der Waals surface area contributed by atoms with E-state index in [4.69, 9.17) is 11.6 Å². The van der Waals surface area contributed by atoms with Crippen molar-refractivity contribution in [1.82, 2.24) is 24.5 Å². The molecule has 0 saturated heterocycles. The molecule has 0 spiro atoms. The van der Waals surface area contributed by atoms with Crippen molar-refractivity contribution >= 4 is 23.3 Å². The third-order valence-electron chi connectivity index (χ3n) is 4.26. The van der Waals surface area contributed by atoms with Crippen LogP contribution in [-0.4, -0.2) is 30.5 Å². The third kappa shape index (κ3) is 3.79. The largest absolute Gasteiger partial charge is 0.305 e. The topological polar surface area (TPSA) is 77.6 Å². The zero-order chi connectivity index (χ0) is 19.5. The molecule has 4 rings (SSSR count). The molecule has 0 fully saturated rings. The summed E-state index contributed by atoms with van der Waals surface area (Å²) in [6, 6.07) is 12.9. The minimum atomic E-state index is -0.266. The molecule has 3 heterocycles. The van der Waals surface area contributed by atoms with Crippen LogP contribution >= 0.6 is 11.6 Å². The van der Waals surface area contributed by atoms with Crippen LogP contribution in [0.15, 0.2) is 67.3 Å². The molecule has 8 heteroatoms. The van der Waals surface area contributed by atoms with Gasteiger partial charge in [0.2, 0.25) is 0 Å². The first kappa shape index (κ1) is 17.9. The van der Waals surface area contributed by atoms with Crippen LogP contribution in [0.25, 0.3) is 5.69 Å². The molecule has 0 aliphatic heterocycles. The molecule has 0 aliphatic rings. The lowest BCUT2D eigenvalue weighted by Crippen LogP contribution is -2.14. The Morgan fingerprint density at radius 1 is 1.18 bits per heavy atom. The average Bonchev–Trinajstić information content (AvgIpc) is 3.29. The van der Waals surface area contributed by atoms with Crippen molar-refractivity contribution in [1.29, 1.82) is 0 Å². The Labute approximate surface area is 166 Å². The Morgan fingerprint density at radius 3 is 2.86 bits per heavy atom. The molecule has 1 amide bonds. The Bertz CT molecular complexity index is 1120. The number of carbonyl (C=O) groups is 1. The second kappa shape index (κ2) is 7.66. The highest BCUT2D eigenvalue weighted by molar-refractivity contribution is 6.30.